The highest BCUT2D eigenvalue weighted by Gasteiger charge is 2.59. The third kappa shape index (κ3) is 1.83. The van der Waals surface area contributed by atoms with Crippen LogP contribution in [0.1, 0.15) is 31.2 Å². The molecule has 2 aromatic carbocycles. The number of thiophene rings is 1. The molecule has 1 atom stereocenters. The molecule has 1 unspecified atom stereocenters. The Labute approximate surface area is 155 Å². The van der Waals surface area contributed by atoms with E-state index in [1.54, 1.807) is 0 Å². The number of carbonyl (C=O) groups excluding carboxylic acids is 2. The topological polar surface area (TPSA) is 40.6 Å². The molecule has 3 aromatic rings. The molecule has 2 aliphatic rings. The van der Waals surface area contributed by atoms with Crippen LogP contribution in [-0.4, -0.2) is 34.7 Å². The summed E-state index contributed by atoms with van der Waals surface area (Å²) in [4.78, 5) is 30.8. The first-order valence-electron chi connectivity index (χ1n) is 8.57. The van der Waals surface area contributed by atoms with E-state index in [2.05, 4.69) is 0 Å². The molecular formula is C21H16N2O2S. The Morgan fingerprint density at radius 2 is 1.69 bits per heavy atom. The van der Waals surface area contributed by atoms with E-state index >= 15 is 0 Å². The molecule has 3 heterocycles. The van der Waals surface area contributed by atoms with Gasteiger partial charge in [-0.3, -0.25) is 9.59 Å². The molecule has 26 heavy (non-hydrogen) atoms. The summed E-state index contributed by atoms with van der Waals surface area (Å²) in [5.74, 6) is -0.0400. The Bertz CT molecular complexity index is 1000. The molecular weight excluding hydrogens is 344 g/mol. The fourth-order valence-electron chi connectivity index (χ4n) is 4.25. The highest BCUT2D eigenvalue weighted by atomic mass is 32.1. The highest BCUT2D eigenvalue weighted by Crippen LogP contribution is 2.50. The van der Waals surface area contributed by atoms with E-state index in [9.17, 15) is 9.59 Å². The second-order valence-corrected chi connectivity index (χ2v) is 7.42. The number of carbonyl (C=O) groups is 2. The normalized spacial score (nSPS) is 21.0. The van der Waals surface area contributed by atoms with Gasteiger partial charge in [-0.2, -0.15) is 0 Å². The second-order valence-electron chi connectivity index (χ2n) is 6.47. The quantitative estimate of drug-likeness (QED) is 0.701. The number of hydrogen-bond donors (Lipinski definition) is 0. The third-order valence-corrected chi connectivity index (χ3v) is 6.12. The zero-order valence-electron chi connectivity index (χ0n) is 14.0. The maximum Gasteiger partial charge on any atom is 0.266 e. The Hall–Kier alpha value is -2.92. The molecule has 2 aliphatic heterocycles. The number of benzene rings is 2. The number of rotatable bonds is 2. The number of fused-ring (bicyclic) bond motifs is 3. The minimum Gasteiger partial charge on any atom is -0.306 e. The molecule has 1 saturated heterocycles. The molecule has 4 nitrogen and oxygen atoms in total. The van der Waals surface area contributed by atoms with Crippen LogP contribution in [0, 0.1) is 0 Å². The summed E-state index contributed by atoms with van der Waals surface area (Å²) in [5.41, 5.74) is 1.65. The minimum absolute atomic E-state index is 0.00840. The van der Waals surface area contributed by atoms with Crippen molar-refractivity contribution < 1.29 is 9.59 Å². The van der Waals surface area contributed by atoms with Gasteiger partial charge in [0.15, 0.2) is 5.66 Å². The summed E-state index contributed by atoms with van der Waals surface area (Å²) in [5, 5.41) is 1.91. The van der Waals surface area contributed by atoms with Crippen molar-refractivity contribution in [3.8, 4) is 0 Å². The first-order chi connectivity index (χ1) is 12.7. The van der Waals surface area contributed by atoms with Crippen molar-refractivity contribution in [1.29, 1.82) is 0 Å². The molecule has 5 rings (SSSR count). The van der Waals surface area contributed by atoms with Crippen LogP contribution in [0.3, 0.4) is 0 Å². The summed E-state index contributed by atoms with van der Waals surface area (Å²) in [6.45, 7) is 1.05. The van der Waals surface area contributed by atoms with Gasteiger partial charge < -0.3 is 9.80 Å². The fourth-order valence-corrected chi connectivity index (χ4v) is 4.92. The van der Waals surface area contributed by atoms with E-state index in [1.807, 2.05) is 81.9 Å². The third-order valence-electron chi connectivity index (χ3n) is 5.26. The smallest absolute Gasteiger partial charge is 0.266 e. The lowest BCUT2D eigenvalue weighted by Gasteiger charge is -2.40. The largest absolute Gasteiger partial charge is 0.306 e. The molecule has 0 spiro atoms. The summed E-state index contributed by atoms with van der Waals surface area (Å²) >= 11 is 1.43. The van der Waals surface area contributed by atoms with Crippen LogP contribution in [0.25, 0.3) is 0 Å². The molecule has 0 saturated carbocycles. The number of nitrogens with zero attached hydrogens (tertiary/aromatic N) is 2. The van der Waals surface area contributed by atoms with Gasteiger partial charge in [0, 0.05) is 29.8 Å². The van der Waals surface area contributed by atoms with E-state index in [4.69, 9.17) is 0 Å². The van der Waals surface area contributed by atoms with Gasteiger partial charge in [0.05, 0.1) is 4.88 Å². The summed E-state index contributed by atoms with van der Waals surface area (Å²) < 4.78 is 0. The van der Waals surface area contributed by atoms with Gasteiger partial charge in [-0.05, 0) is 17.5 Å². The van der Waals surface area contributed by atoms with E-state index in [0.717, 1.165) is 11.1 Å². The molecule has 5 heteroatoms. The van der Waals surface area contributed by atoms with Gasteiger partial charge in [-0.15, -0.1) is 11.3 Å². The average molecular weight is 360 g/mol. The molecule has 0 aliphatic carbocycles. The van der Waals surface area contributed by atoms with Crippen LogP contribution < -0.4 is 0 Å². The van der Waals surface area contributed by atoms with Gasteiger partial charge in [0.2, 0.25) is 0 Å². The second kappa shape index (κ2) is 5.54. The van der Waals surface area contributed by atoms with Gasteiger partial charge >= 0.3 is 0 Å². The predicted octanol–water partition coefficient (Wildman–Crippen LogP) is 3.56. The Kier molecular flexibility index (Phi) is 3.27. The van der Waals surface area contributed by atoms with Gasteiger partial charge in [-0.25, -0.2) is 0 Å². The van der Waals surface area contributed by atoms with Crippen LogP contribution in [0.2, 0.25) is 0 Å². The van der Waals surface area contributed by atoms with Crippen LogP contribution in [0.5, 0.6) is 0 Å². The Balaban J connectivity index is 1.78. The van der Waals surface area contributed by atoms with Crippen LogP contribution >= 0.6 is 11.3 Å². The van der Waals surface area contributed by atoms with Crippen LogP contribution in [0.15, 0.2) is 72.1 Å². The van der Waals surface area contributed by atoms with Crippen molar-refractivity contribution in [1.82, 2.24) is 9.80 Å². The first kappa shape index (κ1) is 15.3. The first-order valence-corrected chi connectivity index (χ1v) is 9.45. The molecule has 0 N–H and O–H groups in total. The summed E-state index contributed by atoms with van der Waals surface area (Å²) in [6.07, 6.45) is 0. The van der Waals surface area contributed by atoms with Crippen molar-refractivity contribution in [3.05, 3.63) is 93.7 Å². The zero-order valence-corrected chi connectivity index (χ0v) is 14.8. The van der Waals surface area contributed by atoms with Crippen molar-refractivity contribution in [3.63, 3.8) is 0 Å². The Morgan fingerprint density at radius 1 is 0.923 bits per heavy atom. The van der Waals surface area contributed by atoms with Crippen molar-refractivity contribution in [2.24, 2.45) is 0 Å². The zero-order chi connectivity index (χ0) is 17.7. The SMILES string of the molecule is O=C(c1cccs1)N1CCN2C(=O)c3ccccc3C12c1ccccc1. The standard InChI is InChI=1S/C21H16N2O2S/c24-19-16-9-4-5-10-17(16)21(15-7-2-1-3-8-15)22(19)12-13-23(21)20(25)18-11-6-14-26-18/h1-11,14H,12-13H2. The molecule has 2 amide bonds. The molecule has 128 valence electrons. The lowest BCUT2D eigenvalue weighted by atomic mass is 9.90. The molecule has 0 bridgehead atoms. The summed E-state index contributed by atoms with van der Waals surface area (Å²) in [7, 11) is 0. The van der Waals surface area contributed by atoms with Gasteiger partial charge in [0.25, 0.3) is 11.8 Å². The van der Waals surface area contributed by atoms with Gasteiger partial charge in [0.1, 0.15) is 0 Å². The van der Waals surface area contributed by atoms with Crippen molar-refractivity contribution in [2.45, 2.75) is 5.66 Å². The molecule has 1 fully saturated rings. The van der Waals surface area contributed by atoms with Crippen molar-refractivity contribution >= 4 is 23.2 Å². The van der Waals surface area contributed by atoms with E-state index in [0.29, 0.717) is 23.5 Å². The van der Waals surface area contributed by atoms with Crippen LogP contribution in [0.4, 0.5) is 0 Å². The number of amides is 2. The molecule has 1 aromatic heterocycles. The van der Waals surface area contributed by atoms with Gasteiger partial charge in [-0.1, -0.05) is 54.6 Å². The monoisotopic (exact) mass is 360 g/mol. The lowest BCUT2D eigenvalue weighted by molar-refractivity contribution is 0.0378. The maximum atomic E-state index is 13.3. The van der Waals surface area contributed by atoms with E-state index in [1.165, 1.54) is 11.3 Å². The average Bonchev–Trinajstić information content (AvgIpc) is 3.40. The summed E-state index contributed by atoms with van der Waals surface area (Å²) in [6, 6.07) is 21.2. The predicted molar refractivity (Wildman–Crippen MR) is 100 cm³/mol. The molecule has 0 radical (unpaired) electrons. The number of hydrogen-bond acceptors (Lipinski definition) is 3. The maximum absolute atomic E-state index is 13.3. The highest BCUT2D eigenvalue weighted by molar-refractivity contribution is 7.12. The van der Waals surface area contributed by atoms with E-state index in [-0.39, 0.29) is 11.8 Å². The Morgan fingerprint density at radius 3 is 2.46 bits per heavy atom. The lowest BCUT2D eigenvalue weighted by Crippen LogP contribution is -2.51. The fraction of sp³-hybridized carbons (Fsp3) is 0.143. The van der Waals surface area contributed by atoms with E-state index < -0.39 is 5.66 Å². The van der Waals surface area contributed by atoms with Crippen molar-refractivity contribution in [2.75, 3.05) is 13.1 Å². The minimum atomic E-state index is -0.865. The van der Waals surface area contributed by atoms with Crippen LogP contribution in [-0.2, 0) is 5.66 Å².